The van der Waals surface area contributed by atoms with E-state index in [0.717, 1.165) is 5.56 Å². The van der Waals surface area contributed by atoms with E-state index in [4.69, 9.17) is 9.47 Å². The Balaban J connectivity index is 1.81. The van der Waals surface area contributed by atoms with Gasteiger partial charge in [-0.05, 0) is 41.5 Å². The maximum absolute atomic E-state index is 13.8. The van der Waals surface area contributed by atoms with Gasteiger partial charge < -0.3 is 14.8 Å². The van der Waals surface area contributed by atoms with Gasteiger partial charge in [0.2, 0.25) is 0 Å². The zero-order valence-electron chi connectivity index (χ0n) is 16.3. The van der Waals surface area contributed by atoms with E-state index < -0.39 is 11.7 Å². The molecule has 0 saturated carbocycles. The van der Waals surface area contributed by atoms with E-state index in [1.165, 1.54) is 31.4 Å². The van der Waals surface area contributed by atoms with Crippen molar-refractivity contribution in [3.63, 3.8) is 0 Å². The summed E-state index contributed by atoms with van der Waals surface area (Å²) in [6.07, 6.45) is 1.41. The molecular formula is C24H19FN2O3. The lowest BCUT2D eigenvalue weighted by molar-refractivity contribution is -0.112. The third-order valence-corrected chi connectivity index (χ3v) is 4.22. The van der Waals surface area contributed by atoms with Crippen molar-refractivity contribution in [3.05, 3.63) is 95.3 Å². The fraction of sp³-hybridized carbons (Fsp3) is 0.0833. The standard InChI is InChI=1S/C24H19FN2O3/c1-29-22-12-11-18(14-23(22)30-16-17-7-3-2-4-8-17)13-19(15-26)24(28)27-21-10-6-5-9-20(21)25/h2-14H,16H2,1H3,(H,27,28)/b19-13+. The number of hydrogen-bond acceptors (Lipinski definition) is 4. The van der Waals surface area contributed by atoms with E-state index in [0.29, 0.717) is 23.7 Å². The molecule has 0 unspecified atom stereocenters. The van der Waals surface area contributed by atoms with Crippen LogP contribution < -0.4 is 14.8 Å². The summed E-state index contributed by atoms with van der Waals surface area (Å²) in [4.78, 5) is 12.4. The average Bonchev–Trinajstić information content (AvgIpc) is 2.78. The molecule has 0 aliphatic rings. The highest BCUT2D eigenvalue weighted by atomic mass is 19.1. The number of hydrogen-bond donors (Lipinski definition) is 1. The van der Waals surface area contributed by atoms with Gasteiger partial charge in [0.15, 0.2) is 11.5 Å². The van der Waals surface area contributed by atoms with Crippen molar-refractivity contribution in [2.75, 3.05) is 12.4 Å². The number of methoxy groups -OCH3 is 1. The van der Waals surface area contributed by atoms with E-state index in [2.05, 4.69) is 5.32 Å². The van der Waals surface area contributed by atoms with Gasteiger partial charge in [0.1, 0.15) is 24.1 Å². The lowest BCUT2D eigenvalue weighted by Crippen LogP contribution is -2.14. The molecule has 0 fully saturated rings. The van der Waals surface area contributed by atoms with Crippen LogP contribution in [-0.2, 0) is 11.4 Å². The van der Waals surface area contributed by atoms with E-state index in [1.807, 2.05) is 36.4 Å². The molecule has 3 aromatic carbocycles. The van der Waals surface area contributed by atoms with Crippen LogP contribution in [0.15, 0.2) is 78.4 Å². The molecule has 1 N–H and O–H groups in total. The number of ether oxygens (including phenoxy) is 2. The van der Waals surface area contributed by atoms with Gasteiger partial charge >= 0.3 is 0 Å². The maximum Gasteiger partial charge on any atom is 0.266 e. The van der Waals surface area contributed by atoms with Gasteiger partial charge in [-0.15, -0.1) is 0 Å². The molecular weight excluding hydrogens is 383 g/mol. The first-order chi connectivity index (χ1) is 14.6. The van der Waals surface area contributed by atoms with E-state index >= 15 is 0 Å². The Morgan fingerprint density at radius 1 is 1.07 bits per heavy atom. The minimum absolute atomic E-state index is 0.00487. The van der Waals surface area contributed by atoms with Crippen LogP contribution in [0.2, 0.25) is 0 Å². The summed E-state index contributed by atoms with van der Waals surface area (Å²) in [5.74, 6) is -0.284. The molecule has 0 aromatic heterocycles. The number of anilines is 1. The smallest absolute Gasteiger partial charge is 0.266 e. The van der Waals surface area contributed by atoms with Crippen molar-refractivity contribution in [2.24, 2.45) is 0 Å². The molecule has 5 nitrogen and oxygen atoms in total. The Labute approximate surface area is 174 Å². The number of amides is 1. The Bertz CT molecular complexity index is 1100. The fourth-order valence-electron chi connectivity index (χ4n) is 2.70. The van der Waals surface area contributed by atoms with Gasteiger partial charge in [0.25, 0.3) is 5.91 Å². The lowest BCUT2D eigenvalue weighted by atomic mass is 10.1. The second kappa shape index (κ2) is 9.89. The summed E-state index contributed by atoms with van der Waals surface area (Å²) in [5, 5.41) is 11.8. The SMILES string of the molecule is COc1ccc(/C=C(\C#N)C(=O)Nc2ccccc2F)cc1OCc1ccccc1. The Morgan fingerprint density at radius 2 is 1.80 bits per heavy atom. The monoisotopic (exact) mass is 402 g/mol. The second-order valence-corrected chi connectivity index (χ2v) is 6.29. The van der Waals surface area contributed by atoms with Gasteiger partial charge in [-0.25, -0.2) is 4.39 Å². The number of nitrogens with one attached hydrogen (secondary N) is 1. The average molecular weight is 402 g/mol. The minimum Gasteiger partial charge on any atom is -0.493 e. The van der Waals surface area contributed by atoms with Crippen LogP contribution in [0.5, 0.6) is 11.5 Å². The molecule has 0 radical (unpaired) electrons. The molecule has 30 heavy (non-hydrogen) atoms. The van der Waals surface area contributed by atoms with Crippen molar-refractivity contribution in [3.8, 4) is 17.6 Å². The molecule has 0 spiro atoms. The Morgan fingerprint density at radius 3 is 2.50 bits per heavy atom. The number of nitrogens with zero attached hydrogens (tertiary/aromatic N) is 1. The second-order valence-electron chi connectivity index (χ2n) is 6.29. The summed E-state index contributed by atoms with van der Waals surface area (Å²) in [5.41, 5.74) is 1.39. The van der Waals surface area contributed by atoms with Crippen LogP contribution in [0.3, 0.4) is 0 Å². The molecule has 3 aromatic rings. The van der Waals surface area contributed by atoms with Crippen LogP contribution in [0, 0.1) is 17.1 Å². The summed E-state index contributed by atoms with van der Waals surface area (Å²) >= 11 is 0. The molecule has 0 aliphatic heterocycles. The molecule has 3 rings (SSSR count). The van der Waals surface area contributed by atoms with Crippen LogP contribution in [0.1, 0.15) is 11.1 Å². The summed E-state index contributed by atoms with van der Waals surface area (Å²) in [6, 6.07) is 22.3. The number of carbonyl (C=O) groups excluding carboxylic acids is 1. The minimum atomic E-state index is -0.704. The Hall–Kier alpha value is -4.11. The zero-order chi connectivity index (χ0) is 21.3. The first-order valence-corrected chi connectivity index (χ1v) is 9.13. The third kappa shape index (κ3) is 5.24. The molecule has 0 aliphatic carbocycles. The van der Waals surface area contributed by atoms with E-state index in [1.54, 1.807) is 24.3 Å². The van der Waals surface area contributed by atoms with E-state index in [-0.39, 0.29) is 11.3 Å². The van der Waals surface area contributed by atoms with Gasteiger partial charge in [0, 0.05) is 0 Å². The zero-order valence-corrected chi connectivity index (χ0v) is 16.3. The van der Waals surface area contributed by atoms with Crippen LogP contribution in [0.4, 0.5) is 10.1 Å². The predicted molar refractivity (Wildman–Crippen MR) is 112 cm³/mol. The van der Waals surface area contributed by atoms with Crippen molar-refractivity contribution in [1.82, 2.24) is 0 Å². The summed E-state index contributed by atoms with van der Waals surface area (Å²) < 4.78 is 24.9. The topological polar surface area (TPSA) is 71.3 Å². The first kappa shape index (κ1) is 20.6. The molecule has 6 heteroatoms. The molecule has 0 atom stereocenters. The van der Waals surface area contributed by atoms with Crippen molar-refractivity contribution in [1.29, 1.82) is 5.26 Å². The number of benzene rings is 3. The number of para-hydroxylation sites is 1. The molecule has 150 valence electrons. The highest BCUT2D eigenvalue weighted by Gasteiger charge is 2.13. The largest absolute Gasteiger partial charge is 0.493 e. The van der Waals surface area contributed by atoms with Crippen molar-refractivity contribution in [2.45, 2.75) is 6.61 Å². The molecule has 0 bridgehead atoms. The molecule has 1 amide bonds. The number of nitriles is 1. The number of halogens is 1. The highest BCUT2D eigenvalue weighted by molar-refractivity contribution is 6.09. The van der Waals surface area contributed by atoms with Gasteiger partial charge in [-0.2, -0.15) is 5.26 Å². The van der Waals surface area contributed by atoms with Crippen molar-refractivity contribution < 1.29 is 18.7 Å². The predicted octanol–water partition coefficient (Wildman–Crippen LogP) is 4.96. The van der Waals surface area contributed by atoms with Crippen LogP contribution in [0.25, 0.3) is 6.08 Å². The fourth-order valence-corrected chi connectivity index (χ4v) is 2.70. The van der Waals surface area contributed by atoms with Crippen LogP contribution >= 0.6 is 0 Å². The highest BCUT2D eigenvalue weighted by Crippen LogP contribution is 2.30. The van der Waals surface area contributed by atoms with Gasteiger partial charge in [-0.1, -0.05) is 48.5 Å². The van der Waals surface area contributed by atoms with Crippen LogP contribution in [-0.4, -0.2) is 13.0 Å². The normalized spacial score (nSPS) is 10.8. The summed E-state index contributed by atoms with van der Waals surface area (Å²) in [7, 11) is 1.53. The van der Waals surface area contributed by atoms with Crippen molar-refractivity contribution >= 4 is 17.7 Å². The Kier molecular flexibility index (Phi) is 6.80. The first-order valence-electron chi connectivity index (χ1n) is 9.13. The number of rotatable bonds is 7. The lowest BCUT2D eigenvalue weighted by Gasteiger charge is -2.12. The quantitative estimate of drug-likeness (QED) is 0.448. The van der Waals surface area contributed by atoms with E-state index in [9.17, 15) is 14.4 Å². The van der Waals surface area contributed by atoms with Gasteiger partial charge in [0.05, 0.1) is 12.8 Å². The molecule has 0 saturated heterocycles. The maximum atomic E-state index is 13.8. The molecule has 0 heterocycles. The summed E-state index contributed by atoms with van der Waals surface area (Å²) in [6.45, 7) is 0.337. The third-order valence-electron chi connectivity index (χ3n) is 4.22. The number of carbonyl (C=O) groups is 1. The van der Waals surface area contributed by atoms with Gasteiger partial charge in [-0.3, -0.25) is 4.79 Å².